The zero-order valence-corrected chi connectivity index (χ0v) is 12.4. The minimum absolute atomic E-state index is 0.163. The Kier molecular flexibility index (Phi) is 4.26. The average Bonchev–Trinajstić information content (AvgIpc) is 2.37. The van der Waals surface area contributed by atoms with Gasteiger partial charge in [-0.25, -0.2) is 8.42 Å². The molecule has 1 aliphatic rings. The van der Waals surface area contributed by atoms with Crippen LogP contribution in [-0.4, -0.2) is 24.9 Å². The van der Waals surface area contributed by atoms with Gasteiger partial charge in [0.1, 0.15) is 9.84 Å². The predicted molar refractivity (Wildman–Crippen MR) is 76.5 cm³/mol. The van der Waals surface area contributed by atoms with Gasteiger partial charge in [0.15, 0.2) is 0 Å². The van der Waals surface area contributed by atoms with Gasteiger partial charge in [-0.15, -0.1) is 0 Å². The van der Waals surface area contributed by atoms with Crippen molar-refractivity contribution in [2.24, 2.45) is 11.7 Å². The largest absolute Gasteiger partial charge is 0.322 e. The summed E-state index contributed by atoms with van der Waals surface area (Å²) in [4.78, 5) is 4.33. The maximum Gasteiger partial charge on any atom is 0.150 e. The molecule has 0 radical (unpaired) electrons. The van der Waals surface area contributed by atoms with Crippen LogP contribution in [0.1, 0.15) is 43.0 Å². The Hall–Kier alpha value is -0.940. The third-order valence-electron chi connectivity index (χ3n) is 4.06. The van der Waals surface area contributed by atoms with Crippen molar-refractivity contribution in [2.75, 3.05) is 6.26 Å². The molecule has 2 N–H and O–H groups in total. The number of aryl methyl sites for hydroxylation is 1. The molecule has 1 aromatic heterocycles. The molecule has 3 unspecified atom stereocenters. The second-order valence-corrected chi connectivity index (χ2v) is 7.99. The SMILES string of the molecule is Cc1ccnc(C(N)C2CCCC(S(C)(=O)=O)C2)c1. The second-order valence-electron chi connectivity index (χ2n) is 5.66. The van der Waals surface area contributed by atoms with Crippen molar-refractivity contribution < 1.29 is 8.42 Å². The van der Waals surface area contributed by atoms with Crippen LogP contribution >= 0.6 is 0 Å². The van der Waals surface area contributed by atoms with Crippen molar-refractivity contribution in [1.82, 2.24) is 4.98 Å². The Bertz CT molecular complexity index is 542. The van der Waals surface area contributed by atoms with E-state index in [0.717, 1.165) is 30.5 Å². The smallest absolute Gasteiger partial charge is 0.150 e. The number of sulfone groups is 1. The van der Waals surface area contributed by atoms with E-state index < -0.39 is 9.84 Å². The van der Waals surface area contributed by atoms with E-state index in [9.17, 15) is 8.42 Å². The lowest BCUT2D eigenvalue weighted by Gasteiger charge is -2.31. The molecule has 3 atom stereocenters. The first-order chi connectivity index (χ1) is 8.88. The van der Waals surface area contributed by atoms with Crippen molar-refractivity contribution in [1.29, 1.82) is 0 Å². The van der Waals surface area contributed by atoms with Gasteiger partial charge in [-0.3, -0.25) is 4.98 Å². The van der Waals surface area contributed by atoms with Crippen LogP contribution in [-0.2, 0) is 9.84 Å². The third-order valence-corrected chi connectivity index (χ3v) is 5.70. The van der Waals surface area contributed by atoms with Crippen molar-refractivity contribution in [3.8, 4) is 0 Å². The van der Waals surface area contributed by atoms with Gasteiger partial charge in [-0.2, -0.15) is 0 Å². The summed E-state index contributed by atoms with van der Waals surface area (Å²) in [5, 5.41) is -0.234. The fraction of sp³-hybridized carbons (Fsp3) is 0.643. The van der Waals surface area contributed by atoms with Crippen LogP contribution in [0.25, 0.3) is 0 Å². The topological polar surface area (TPSA) is 73.0 Å². The lowest BCUT2D eigenvalue weighted by atomic mass is 9.82. The first-order valence-electron chi connectivity index (χ1n) is 6.75. The Morgan fingerprint density at radius 3 is 2.79 bits per heavy atom. The molecular formula is C14H22N2O2S. The van der Waals surface area contributed by atoms with Crippen LogP contribution in [0.2, 0.25) is 0 Å². The highest BCUT2D eigenvalue weighted by atomic mass is 32.2. The first kappa shape index (κ1) is 14.5. The van der Waals surface area contributed by atoms with E-state index in [4.69, 9.17) is 5.73 Å². The standard InChI is InChI=1S/C14H22N2O2S/c1-10-6-7-16-13(8-10)14(15)11-4-3-5-12(9-11)19(2,17)18/h6-8,11-12,14H,3-5,9,15H2,1-2H3. The summed E-state index contributed by atoms with van der Waals surface area (Å²) in [7, 11) is -2.96. The maximum atomic E-state index is 11.7. The number of hydrogen-bond donors (Lipinski definition) is 1. The Morgan fingerprint density at radius 1 is 1.42 bits per heavy atom. The molecule has 0 amide bonds. The van der Waals surface area contributed by atoms with Crippen molar-refractivity contribution in [2.45, 2.75) is 43.9 Å². The molecule has 0 saturated heterocycles. The molecule has 1 aliphatic carbocycles. The molecule has 1 heterocycles. The van der Waals surface area contributed by atoms with Gasteiger partial charge >= 0.3 is 0 Å². The van der Waals surface area contributed by atoms with Crippen LogP contribution in [0.4, 0.5) is 0 Å². The van der Waals surface area contributed by atoms with Crippen molar-refractivity contribution in [3.05, 3.63) is 29.6 Å². The summed E-state index contributed by atoms with van der Waals surface area (Å²) >= 11 is 0. The zero-order valence-electron chi connectivity index (χ0n) is 11.5. The summed E-state index contributed by atoms with van der Waals surface area (Å²) in [5.74, 6) is 0.211. The summed E-state index contributed by atoms with van der Waals surface area (Å²) in [6.07, 6.45) is 6.45. The van der Waals surface area contributed by atoms with E-state index in [1.54, 1.807) is 6.20 Å². The molecule has 19 heavy (non-hydrogen) atoms. The van der Waals surface area contributed by atoms with Crippen molar-refractivity contribution in [3.63, 3.8) is 0 Å². The van der Waals surface area contributed by atoms with E-state index in [-0.39, 0.29) is 17.2 Å². The molecule has 1 fully saturated rings. The molecule has 0 aliphatic heterocycles. The fourth-order valence-electron chi connectivity index (χ4n) is 2.88. The lowest BCUT2D eigenvalue weighted by Crippen LogP contribution is -2.33. The molecule has 0 spiro atoms. The molecule has 1 aromatic rings. The maximum absolute atomic E-state index is 11.7. The van der Waals surface area contributed by atoms with E-state index in [1.807, 2.05) is 19.1 Å². The number of nitrogens with zero attached hydrogens (tertiary/aromatic N) is 1. The molecule has 4 nitrogen and oxygen atoms in total. The molecule has 0 bridgehead atoms. The van der Waals surface area contributed by atoms with Crippen LogP contribution in [0.5, 0.6) is 0 Å². The number of hydrogen-bond acceptors (Lipinski definition) is 4. The Morgan fingerprint density at radius 2 is 2.16 bits per heavy atom. The second kappa shape index (κ2) is 5.59. The Balaban J connectivity index is 2.13. The summed E-state index contributed by atoms with van der Waals surface area (Å²) < 4.78 is 23.4. The van der Waals surface area contributed by atoms with E-state index in [0.29, 0.717) is 6.42 Å². The van der Waals surface area contributed by atoms with E-state index in [1.165, 1.54) is 6.26 Å². The number of pyridine rings is 1. The highest BCUT2D eigenvalue weighted by Gasteiger charge is 2.32. The molecule has 1 saturated carbocycles. The summed E-state index contributed by atoms with van der Waals surface area (Å²) in [6, 6.07) is 3.77. The van der Waals surface area contributed by atoms with Gasteiger partial charge in [0.25, 0.3) is 0 Å². The van der Waals surface area contributed by atoms with Gasteiger partial charge < -0.3 is 5.73 Å². The van der Waals surface area contributed by atoms with Gasteiger partial charge in [0.2, 0.25) is 0 Å². The third kappa shape index (κ3) is 3.54. The van der Waals surface area contributed by atoms with Gasteiger partial charge in [0, 0.05) is 18.5 Å². The first-order valence-corrected chi connectivity index (χ1v) is 8.70. The molecule has 2 rings (SSSR count). The highest BCUT2D eigenvalue weighted by molar-refractivity contribution is 7.91. The zero-order chi connectivity index (χ0) is 14.0. The normalized spacial score (nSPS) is 26.1. The van der Waals surface area contributed by atoms with Crippen LogP contribution in [0.15, 0.2) is 18.3 Å². The molecule has 5 heteroatoms. The van der Waals surface area contributed by atoms with Crippen LogP contribution in [0, 0.1) is 12.8 Å². The van der Waals surface area contributed by atoms with Crippen LogP contribution < -0.4 is 5.73 Å². The summed E-state index contributed by atoms with van der Waals surface area (Å²) in [5.41, 5.74) is 8.30. The Labute approximate surface area is 115 Å². The lowest BCUT2D eigenvalue weighted by molar-refractivity contribution is 0.305. The minimum atomic E-state index is -2.96. The fourth-order valence-corrected chi connectivity index (χ4v) is 4.07. The monoisotopic (exact) mass is 282 g/mol. The van der Waals surface area contributed by atoms with Gasteiger partial charge in [0.05, 0.1) is 10.9 Å². The summed E-state index contributed by atoms with van der Waals surface area (Å²) in [6.45, 7) is 2.01. The minimum Gasteiger partial charge on any atom is -0.322 e. The predicted octanol–water partition coefficient (Wildman–Crippen LogP) is 1.99. The quantitative estimate of drug-likeness (QED) is 0.920. The van der Waals surface area contributed by atoms with E-state index in [2.05, 4.69) is 4.98 Å². The molecule has 106 valence electrons. The van der Waals surface area contributed by atoms with Gasteiger partial charge in [-0.1, -0.05) is 6.42 Å². The number of aromatic nitrogens is 1. The van der Waals surface area contributed by atoms with Gasteiger partial charge in [-0.05, 0) is 49.8 Å². The van der Waals surface area contributed by atoms with Crippen LogP contribution in [0.3, 0.4) is 0 Å². The van der Waals surface area contributed by atoms with Crippen molar-refractivity contribution >= 4 is 9.84 Å². The number of nitrogens with two attached hydrogens (primary N) is 1. The molecular weight excluding hydrogens is 260 g/mol. The van der Waals surface area contributed by atoms with E-state index >= 15 is 0 Å². The average molecular weight is 282 g/mol. The molecule has 0 aromatic carbocycles. The number of rotatable bonds is 3. The highest BCUT2D eigenvalue weighted by Crippen LogP contribution is 2.35.